The van der Waals surface area contributed by atoms with Crippen molar-refractivity contribution >= 4 is 29.0 Å². The molecule has 0 spiro atoms. The number of hydrogen-bond acceptors (Lipinski definition) is 10. The molecule has 0 amide bonds. The summed E-state index contributed by atoms with van der Waals surface area (Å²) in [5.41, 5.74) is 5.13. The minimum Gasteiger partial charge on any atom is -0.493 e. The molecule has 180 valence electrons. The first-order valence-electron chi connectivity index (χ1n) is 11.3. The van der Waals surface area contributed by atoms with E-state index in [1.54, 1.807) is 39.7 Å². The van der Waals surface area contributed by atoms with Crippen LogP contribution in [0.25, 0.3) is 6.08 Å². The Bertz CT molecular complexity index is 1260. The highest BCUT2D eigenvalue weighted by atomic mass is 16.5. The zero-order valence-electron chi connectivity index (χ0n) is 19.9. The number of ether oxygens (including phenoxy) is 4. The van der Waals surface area contributed by atoms with E-state index in [0.717, 1.165) is 54.8 Å². The fourth-order valence-corrected chi connectivity index (χ4v) is 4.39. The van der Waals surface area contributed by atoms with Gasteiger partial charge in [-0.25, -0.2) is 9.98 Å². The molecule has 10 nitrogen and oxygen atoms in total. The Hall–Kier alpha value is -3.94. The average Bonchev–Trinajstić information content (AvgIpc) is 3.28. The Balaban J connectivity index is 1.49. The Morgan fingerprint density at radius 2 is 1.83 bits per heavy atom. The molecular weight excluding hydrogens is 448 g/mol. The van der Waals surface area contributed by atoms with E-state index in [1.807, 2.05) is 6.08 Å². The predicted molar refractivity (Wildman–Crippen MR) is 132 cm³/mol. The minimum absolute atomic E-state index is 0.422. The molecule has 2 aromatic rings. The molecule has 5 rings (SSSR count). The normalized spacial score (nSPS) is 16.8. The lowest BCUT2D eigenvalue weighted by Crippen LogP contribution is -2.39. The van der Waals surface area contributed by atoms with Crippen LogP contribution in [0.5, 0.6) is 17.2 Å². The molecule has 1 aromatic carbocycles. The van der Waals surface area contributed by atoms with Crippen LogP contribution in [0.1, 0.15) is 16.8 Å². The molecule has 0 saturated carbocycles. The van der Waals surface area contributed by atoms with E-state index < -0.39 is 0 Å². The average molecular weight is 475 g/mol. The molecule has 1 aliphatic carbocycles. The number of pyridine rings is 1. The molecule has 1 saturated heterocycles. The number of fused-ring (bicyclic) bond motifs is 2. The number of nitrogens with zero attached hydrogens (tertiary/aromatic N) is 5. The second-order valence-electron chi connectivity index (χ2n) is 8.24. The largest absolute Gasteiger partial charge is 0.493 e. The maximum Gasteiger partial charge on any atom is 0.203 e. The standard InChI is InChI=1S/C25H26N6O4/c1-32-21-8-16(9-22(33-2)25(21)34-3)28-24-15(12-26)13-27-18-11-20-19(10-17(18)24)29-23(30-20)14-31-4-6-35-7-5-31/h8-10,13H,4-7,11,14H2,1-3H3,(H,27,28). The molecule has 10 heteroatoms. The molecule has 0 radical (unpaired) electrons. The molecule has 1 aromatic heterocycles. The maximum atomic E-state index is 9.81. The first-order chi connectivity index (χ1) is 17.1. The Morgan fingerprint density at radius 3 is 2.49 bits per heavy atom. The van der Waals surface area contributed by atoms with Crippen LogP contribution in [0.3, 0.4) is 0 Å². The first-order valence-corrected chi connectivity index (χ1v) is 11.3. The smallest absolute Gasteiger partial charge is 0.203 e. The van der Waals surface area contributed by atoms with Crippen molar-refractivity contribution in [2.75, 3.05) is 59.5 Å². The van der Waals surface area contributed by atoms with Crippen molar-refractivity contribution in [3.05, 3.63) is 40.8 Å². The summed E-state index contributed by atoms with van der Waals surface area (Å²) in [7, 11) is 4.68. The number of hydrogen-bond donors (Lipinski definition) is 1. The summed E-state index contributed by atoms with van der Waals surface area (Å²) in [6, 6.07) is 5.84. The predicted octanol–water partition coefficient (Wildman–Crippen LogP) is 2.80. The van der Waals surface area contributed by atoms with Gasteiger partial charge in [-0.2, -0.15) is 5.26 Å². The van der Waals surface area contributed by atoms with Gasteiger partial charge in [0, 0.05) is 49.1 Å². The van der Waals surface area contributed by atoms with E-state index in [-0.39, 0.29) is 0 Å². The molecule has 3 heterocycles. The van der Waals surface area contributed by atoms with Crippen molar-refractivity contribution in [3.63, 3.8) is 0 Å². The Labute approximate surface area is 203 Å². The monoisotopic (exact) mass is 474 g/mol. The van der Waals surface area contributed by atoms with Crippen molar-refractivity contribution < 1.29 is 18.9 Å². The maximum absolute atomic E-state index is 9.81. The highest BCUT2D eigenvalue weighted by Crippen LogP contribution is 2.42. The highest BCUT2D eigenvalue weighted by molar-refractivity contribution is 6.18. The number of rotatable bonds is 7. The molecule has 1 fully saturated rings. The van der Waals surface area contributed by atoms with E-state index in [2.05, 4.69) is 21.3 Å². The third kappa shape index (κ3) is 4.43. The molecule has 35 heavy (non-hydrogen) atoms. The van der Waals surface area contributed by atoms with Gasteiger partial charge in [0.15, 0.2) is 11.5 Å². The van der Waals surface area contributed by atoms with Crippen molar-refractivity contribution in [1.82, 2.24) is 9.88 Å². The number of aromatic nitrogens is 1. The number of allylic oxidation sites excluding steroid dienone is 1. The molecular formula is C25H26N6O4. The third-order valence-electron chi connectivity index (χ3n) is 6.15. The fraction of sp³-hybridized carbons (Fsp3) is 0.360. The molecule has 1 N–H and O–H groups in total. The van der Waals surface area contributed by atoms with Gasteiger partial charge in [-0.1, -0.05) is 0 Å². The van der Waals surface area contributed by atoms with Gasteiger partial charge in [0.1, 0.15) is 11.9 Å². The second kappa shape index (κ2) is 9.74. The van der Waals surface area contributed by atoms with Gasteiger partial charge >= 0.3 is 0 Å². The van der Waals surface area contributed by atoms with Crippen LogP contribution in [-0.4, -0.2) is 75.6 Å². The number of nitrogens with one attached hydrogen (secondary N) is 1. The van der Waals surface area contributed by atoms with E-state index >= 15 is 0 Å². The quantitative estimate of drug-likeness (QED) is 0.652. The van der Waals surface area contributed by atoms with E-state index in [4.69, 9.17) is 28.9 Å². The van der Waals surface area contributed by atoms with Crippen LogP contribution < -0.4 is 19.5 Å². The summed E-state index contributed by atoms with van der Waals surface area (Å²) in [6.45, 7) is 3.90. The number of methoxy groups -OCH3 is 3. The number of amidine groups is 1. The summed E-state index contributed by atoms with van der Waals surface area (Å²) in [6.07, 6.45) is 4.09. The number of morpholine rings is 1. The zero-order valence-corrected chi connectivity index (χ0v) is 19.9. The number of aliphatic imine (C=N–C) groups is 2. The van der Waals surface area contributed by atoms with Crippen LogP contribution in [0.2, 0.25) is 0 Å². The topological polar surface area (TPSA) is 114 Å². The zero-order chi connectivity index (χ0) is 24.4. The molecule has 0 atom stereocenters. The number of anilines is 2. The van der Waals surface area contributed by atoms with Gasteiger partial charge in [-0.05, 0) is 6.08 Å². The van der Waals surface area contributed by atoms with Crippen LogP contribution in [0, 0.1) is 11.3 Å². The Kier molecular flexibility index (Phi) is 6.35. The van der Waals surface area contributed by atoms with Gasteiger partial charge in [0.2, 0.25) is 5.75 Å². The lowest BCUT2D eigenvalue weighted by molar-refractivity contribution is 0.0452. The summed E-state index contributed by atoms with van der Waals surface area (Å²) >= 11 is 0. The third-order valence-corrected chi connectivity index (χ3v) is 6.15. The Morgan fingerprint density at radius 1 is 1.09 bits per heavy atom. The summed E-state index contributed by atoms with van der Waals surface area (Å²) in [5.74, 6) is 2.31. The lowest BCUT2D eigenvalue weighted by atomic mass is 9.95. The van der Waals surface area contributed by atoms with Gasteiger partial charge in [0.05, 0.1) is 69.4 Å². The van der Waals surface area contributed by atoms with Gasteiger partial charge in [-0.15, -0.1) is 0 Å². The van der Waals surface area contributed by atoms with E-state index in [0.29, 0.717) is 47.2 Å². The second-order valence-corrected chi connectivity index (χ2v) is 8.24. The molecule has 3 aliphatic rings. The summed E-state index contributed by atoms with van der Waals surface area (Å²) in [5, 5.41) is 13.2. The summed E-state index contributed by atoms with van der Waals surface area (Å²) < 4.78 is 21.8. The van der Waals surface area contributed by atoms with Crippen molar-refractivity contribution in [1.29, 1.82) is 5.26 Å². The van der Waals surface area contributed by atoms with E-state index in [9.17, 15) is 5.26 Å². The van der Waals surface area contributed by atoms with Crippen LogP contribution in [-0.2, 0) is 11.2 Å². The van der Waals surface area contributed by atoms with Crippen molar-refractivity contribution in [2.45, 2.75) is 6.42 Å². The van der Waals surface area contributed by atoms with E-state index in [1.165, 1.54) is 0 Å². The SMILES string of the molecule is COc1cc(Nc2c(C#N)cnc3c2C=C2N=C(CN4CCOCC4)N=C2C3)cc(OC)c1OC. The number of benzene rings is 1. The van der Waals surface area contributed by atoms with Crippen molar-refractivity contribution in [3.8, 4) is 23.3 Å². The fourth-order valence-electron chi connectivity index (χ4n) is 4.39. The highest BCUT2D eigenvalue weighted by Gasteiger charge is 2.27. The van der Waals surface area contributed by atoms with Crippen molar-refractivity contribution in [2.24, 2.45) is 9.98 Å². The summed E-state index contributed by atoms with van der Waals surface area (Å²) in [4.78, 5) is 16.4. The van der Waals surface area contributed by atoms with Gasteiger partial charge in [-0.3, -0.25) is 9.88 Å². The molecule has 0 unspecified atom stereocenters. The molecule has 0 bridgehead atoms. The van der Waals surface area contributed by atoms with Gasteiger partial charge in [0.25, 0.3) is 0 Å². The van der Waals surface area contributed by atoms with Crippen LogP contribution in [0.4, 0.5) is 11.4 Å². The van der Waals surface area contributed by atoms with Gasteiger partial charge < -0.3 is 24.3 Å². The first kappa shape index (κ1) is 22.8. The molecule has 2 aliphatic heterocycles. The lowest BCUT2D eigenvalue weighted by Gasteiger charge is -2.25. The van der Waals surface area contributed by atoms with Crippen LogP contribution >= 0.6 is 0 Å². The minimum atomic E-state index is 0.422. The van der Waals surface area contributed by atoms with Crippen LogP contribution in [0.15, 0.2) is 34.0 Å². The number of nitriles is 1.